The summed E-state index contributed by atoms with van der Waals surface area (Å²) in [6.07, 6.45) is 2.62. The van der Waals surface area contributed by atoms with Crippen molar-refractivity contribution < 1.29 is 14.1 Å². The summed E-state index contributed by atoms with van der Waals surface area (Å²) < 4.78 is 6.18. The molecule has 0 atom stereocenters. The number of thiophene rings is 1. The molecule has 3 rings (SSSR count). The van der Waals surface area contributed by atoms with Crippen LogP contribution < -0.4 is 5.32 Å². The minimum Gasteiger partial charge on any atom is -0.403 e. The number of aromatic nitrogens is 2. The Balaban J connectivity index is 1.68. The number of rotatable bonds is 5. The van der Waals surface area contributed by atoms with Crippen LogP contribution in [0.1, 0.15) is 5.56 Å². The number of halogens is 2. The van der Waals surface area contributed by atoms with Gasteiger partial charge in [0.15, 0.2) is 0 Å². The van der Waals surface area contributed by atoms with Gasteiger partial charge in [0, 0.05) is 18.2 Å². The first kappa shape index (κ1) is 18.1. The molecule has 2 heterocycles. The summed E-state index contributed by atoms with van der Waals surface area (Å²) in [5.41, 5.74) is 0.905. The van der Waals surface area contributed by atoms with E-state index >= 15 is 0 Å². The molecule has 0 aliphatic rings. The van der Waals surface area contributed by atoms with Crippen molar-refractivity contribution in [3.05, 3.63) is 60.8 Å². The van der Waals surface area contributed by atoms with Crippen molar-refractivity contribution in [3.63, 3.8) is 0 Å². The van der Waals surface area contributed by atoms with E-state index in [9.17, 15) is 14.9 Å². The molecule has 0 radical (unpaired) electrons. The Morgan fingerprint density at radius 3 is 2.81 bits per heavy atom. The van der Waals surface area contributed by atoms with Gasteiger partial charge in [0.1, 0.15) is 4.34 Å². The number of nitrogens with one attached hydrogen (secondary N) is 1. The molecule has 0 spiro atoms. The SMILES string of the molecule is O=C(C=Cc1cccc([N+](=O)[O-])c1)Nc1nnc(-c2cc(Cl)sc2Cl)o1. The zero-order chi connectivity index (χ0) is 18.7. The van der Waals surface area contributed by atoms with E-state index in [0.717, 1.165) is 11.3 Å². The van der Waals surface area contributed by atoms with Crippen LogP contribution in [0.25, 0.3) is 17.5 Å². The Bertz CT molecular complexity index is 1010. The zero-order valence-corrected chi connectivity index (χ0v) is 15.0. The van der Waals surface area contributed by atoms with Gasteiger partial charge in [-0.1, -0.05) is 40.4 Å². The van der Waals surface area contributed by atoms with Gasteiger partial charge in [0.05, 0.1) is 14.8 Å². The molecule has 1 N–H and O–H groups in total. The van der Waals surface area contributed by atoms with E-state index in [1.54, 1.807) is 12.1 Å². The summed E-state index contributed by atoms with van der Waals surface area (Å²) in [6.45, 7) is 0. The molecule has 11 heteroatoms. The lowest BCUT2D eigenvalue weighted by Crippen LogP contribution is -2.07. The molecule has 0 saturated heterocycles. The van der Waals surface area contributed by atoms with E-state index in [4.69, 9.17) is 27.6 Å². The van der Waals surface area contributed by atoms with E-state index < -0.39 is 10.8 Å². The highest BCUT2D eigenvalue weighted by Gasteiger charge is 2.16. The third-order valence-electron chi connectivity index (χ3n) is 3.05. The Morgan fingerprint density at radius 1 is 1.31 bits per heavy atom. The van der Waals surface area contributed by atoms with Crippen LogP contribution in [-0.2, 0) is 4.79 Å². The van der Waals surface area contributed by atoms with Crippen molar-refractivity contribution in [1.82, 2.24) is 10.2 Å². The zero-order valence-electron chi connectivity index (χ0n) is 12.7. The monoisotopic (exact) mass is 410 g/mol. The summed E-state index contributed by atoms with van der Waals surface area (Å²) in [6, 6.07) is 7.32. The molecule has 26 heavy (non-hydrogen) atoms. The van der Waals surface area contributed by atoms with Crippen molar-refractivity contribution in [2.75, 3.05) is 5.32 Å². The molecule has 0 saturated carbocycles. The molecular formula is C15H8Cl2N4O4S. The predicted octanol–water partition coefficient (Wildman–Crippen LogP) is 4.67. The number of anilines is 1. The molecule has 3 aromatic rings. The summed E-state index contributed by atoms with van der Waals surface area (Å²) in [5.74, 6) is -0.419. The van der Waals surface area contributed by atoms with Gasteiger partial charge in [-0.3, -0.25) is 20.2 Å². The Kier molecular flexibility index (Phi) is 5.31. The van der Waals surface area contributed by atoms with E-state index in [1.165, 1.54) is 30.4 Å². The fourth-order valence-corrected chi connectivity index (χ4v) is 3.38. The molecule has 132 valence electrons. The van der Waals surface area contributed by atoms with Gasteiger partial charge >= 0.3 is 6.01 Å². The largest absolute Gasteiger partial charge is 0.403 e. The molecule has 8 nitrogen and oxygen atoms in total. The number of hydrogen-bond acceptors (Lipinski definition) is 7. The second-order valence-corrected chi connectivity index (χ2v) is 7.11. The lowest BCUT2D eigenvalue weighted by molar-refractivity contribution is -0.384. The first-order valence-electron chi connectivity index (χ1n) is 6.94. The van der Waals surface area contributed by atoms with Crippen LogP contribution in [0.2, 0.25) is 8.67 Å². The molecule has 1 amide bonds. The second-order valence-electron chi connectivity index (χ2n) is 4.82. The van der Waals surface area contributed by atoms with Gasteiger partial charge < -0.3 is 4.42 Å². The van der Waals surface area contributed by atoms with Crippen LogP contribution in [0.15, 0.2) is 40.8 Å². The average Bonchev–Trinajstić information content (AvgIpc) is 3.19. The minimum atomic E-state index is -0.541. The standard InChI is InChI=1S/C15H8Cl2N4O4S/c16-11-7-10(13(17)26-11)14-19-20-15(25-14)18-12(22)5-4-8-2-1-3-9(6-8)21(23)24/h1-7H,(H,18,20,22). The Hall–Kier alpha value is -2.75. The van der Waals surface area contributed by atoms with Crippen molar-refractivity contribution in [2.24, 2.45) is 0 Å². The predicted molar refractivity (Wildman–Crippen MR) is 98.4 cm³/mol. The van der Waals surface area contributed by atoms with Gasteiger partial charge in [-0.25, -0.2) is 0 Å². The molecule has 1 aromatic carbocycles. The fraction of sp³-hybridized carbons (Fsp3) is 0. The summed E-state index contributed by atoms with van der Waals surface area (Å²) >= 11 is 13.0. The van der Waals surface area contributed by atoms with Gasteiger partial charge in [0.2, 0.25) is 0 Å². The van der Waals surface area contributed by atoms with Crippen molar-refractivity contribution in [3.8, 4) is 11.5 Å². The molecule has 2 aromatic heterocycles. The van der Waals surface area contributed by atoms with Crippen molar-refractivity contribution >= 4 is 58.2 Å². The number of carbonyl (C=O) groups excluding carboxylic acids is 1. The lowest BCUT2D eigenvalue weighted by atomic mass is 10.2. The van der Waals surface area contributed by atoms with E-state index in [1.807, 2.05) is 0 Å². The van der Waals surface area contributed by atoms with Crippen LogP contribution in [0, 0.1) is 10.1 Å². The van der Waals surface area contributed by atoms with E-state index in [0.29, 0.717) is 19.8 Å². The summed E-state index contributed by atoms with van der Waals surface area (Å²) in [5, 5.41) is 20.6. The van der Waals surface area contributed by atoms with E-state index in [2.05, 4.69) is 15.5 Å². The van der Waals surface area contributed by atoms with Gasteiger partial charge in [0.25, 0.3) is 17.5 Å². The lowest BCUT2D eigenvalue weighted by Gasteiger charge is -1.96. The normalized spacial score (nSPS) is 11.0. The smallest absolute Gasteiger partial charge is 0.322 e. The minimum absolute atomic E-state index is 0.0691. The number of hydrogen-bond donors (Lipinski definition) is 1. The highest BCUT2D eigenvalue weighted by Crippen LogP contribution is 2.37. The maximum Gasteiger partial charge on any atom is 0.322 e. The van der Waals surface area contributed by atoms with Crippen LogP contribution in [0.5, 0.6) is 0 Å². The quantitative estimate of drug-likeness (QED) is 0.371. The number of nitrogens with zero attached hydrogens (tertiary/aromatic N) is 3. The first-order valence-corrected chi connectivity index (χ1v) is 8.52. The molecule has 0 unspecified atom stereocenters. The average molecular weight is 411 g/mol. The number of non-ortho nitro benzene ring substituents is 1. The third-order valence-corrected chi connectivity index (χ3v) is 4.54. The number of amides is 1. The van der Waals surface area contributed by atoms with Crippen LogP contribution in [-0.4, -0.2) is 21.0 Å². The highest BCUT2D eigenvalue weighted by atomic mass is 35.5. The molecular weight excluding hydrogens is 403 g/mol. The second kappa shape index (κ2) is 7.65. The number of nitro groups is 1. The van der Waals surface area contributed by atoms with Crippen LogP contribution in [0.4, 0.5) is 11.7 Å². The molecule has 0 bridgehead atoms. The Morgan fingerprint density at radius 2 is 2.12 bits per heavy atom. The maximum atomic E-state index is 11.9. The fourth-order valence-electron chi connectivity index (χ4n) is 1.93. The van der Waals surface area contributed by atoms with Crippen LogP contribution >= 0.6 is 34.5 Å². The summed E-state index contributed by atoms with van der Waals surface area (Å²) in [4.78, 5) is 22.1. The summed E-state index contributed by atoms with van der Waals surface area (Å²) in [7, 11) is 0. The van der Waals surface area contributed by atoms with Gasteiger partial charge in [-0.15, -0.1) is 16.4 Å². The highest BCUT2D eigenvalue weighted by molar-refractivity contribution is 7.20. The molecule has 0 aliphatic heterocycles. The molecule has 0 fully saturated rings. The number of carbonyl (C=O) groups is 1. The third kappa shape index (κ3) is 4.26. The van der Waals surface area contributed by atoms with Crippen molar-refractivity contribution in [2.45, 2.75) is 0 Å². The van der Waals surface area contributed by atoms with Gasteiger partial charge in [-0.05, 0) is 17.7 Å². The maximum absolute atomic E-state index is 11.9. The molecule has 0 aliphatic carbocycles. The van der Waals surface area contributed by atoms with Crippen LogP contribution in [0.3, 0.4) is 0 Å². The number of nitro benzene ring substituents is 1. The Labute approximate surface area is 160 Å². The topological polar surface area (TPSA) is 111 Å². The number of benzene rings is 1. The van der Waals surface area contributed by atoms with Gasteiger partial charge in [-0.2, -0.15) is 0 Å². The van der Waals surface area contributed by atoms with Crippen molar-refractivity contribution in [1.29, 1.82) is 0 Å². The van der Waals surface area contributed by atoms with E-state index in [-0.39, 0.29) is 17.6 Å². The first-order chi connectivity index (χ1) is 12.4.